The molecule has 4 atom stereocenters. The Labute approximate surface area is 129 Å². The van der Waals surface area contributed by atoms with Gasteiger partial charge >= 0.3 is 5.97 Å². The normalized spacial score (nSPS) is 31.2. The van der Waals surface area contributed by atoms with Crippen LogP contribution in [0.1, 0.15) is 49.9 Å². The Morgan fingerprint density at radius 2 is 2.32 bits per heavy atom. The summed E-state index contributed by atoms with van der Waals surface area (Å²) in [6.45, 7) is 4.16. The second-order valence-corrected chi connectivity index (χ2v) is 6.34. The molecule has 0 aliphatic carbocycles. The predicted molar refractivity (Wildman–Crippen MR) is 78.7 cm³/mol. The van der Waals surface area contributed by atoms with Crippen molar-refractivity contribution < 1.29 is 23.8 Å². The molecule has 2 saturated heterocycles. The number of carboxylic acid groups (broad SMARTS) is 1. The van der Waals surface area contributed by atoms with E-state index in [9.17, 15) is 9.18 Å². The first kappa shape index (κ1) is 15.3. The summed E-state index contributed by atoms with van der Waals surface area (Å²) >= 11 is 0. The zero-order valence-corrected chi connectivity index (χ0v) is 12.8. The van der Waals surface area contributed by atoms with Crippen molar-refractivity contribution in [3.8, 4) is 5.75 Å². The van der Waals surface area contributed by atoms with Crippen LogP contribution in [0.2, 0.25) is 0 Å². The van der Waals surface area contributed by atoms with Crippen molar-refractivity contribution in [3.63, 3.8) is 0 Å². The maximum atomic E-state index is 14.1. The minimum absolute atomic E-state index is 0.0105. The highest BCUT2D eigenvalue weighted by atomic mass is 19.1. The monoisotopic (exact) mass is 308 g/mol. The molecule has 1 aromatic rings. The number of hydrogen-bond donors (Lipinski definition) is 1. The third kappa shape index (κ3) is 2.37. The SMILES string of the molecule is CCC(C)C1(Oc2cc(C(=O)O)ccc2F)CC2CCC1O2. The van der Waals surface area contributed by atoms with Crippen LogP contribution in [0.25, 0.3) is 0 Å². The van der Waals surface area contributed by atoms with Crippen LogP contribution >= 0.6 is 0 Å². The fourth-order valence-corrected chi connectivity index (χ4v) is 3.69. The molecule has 4 unspecified atom stereocenters. The molecule has 0 amide bonds. The van der Waals surface area contributed by atoms with E-state index in [1.54, 1.807) is 0 Å². The molecule has 1 N–H and O–H groups in total. The third-order valence-corrected chi connectivity index (χ3v) is 5.12. The van der Waals surface area contributed by atoms with Gasteiger partial charge in [0, 0.05) is 6.42 Å². The van der Waals surface area contributed by atoms with Gasteiger partial charge in [0.2, 0.25) is 0 Å². The van der Waals surface area contributed by atoms with Crippen LogP contribution in [0, 0.1) is 11.7 Å². The minimum atomic E-state index is -1.09. The minimum Gasteiger partial charge on any atom is -0.481 e. The van der Waals surface area contributed by atoms with Crippen LogP contribution < -0.4 is 4.74 Å². The second kappa shape index (κ2) is 5.54. The third-order valence-electron chi connectivity index (χ3n) is 5.12. The summed E-state index contributed by atoms with van der Waals surface area (Å²) in [4.78, 5) is 11.1. The highest BCUT2D eigenvalue weighted by Crippen LogP contribution is 2.49. The van der Waals surface area contributed by atoms with E-state index < -0.39 is 17.4 Å². The Hall–Kier alpha value is -1.62. The van der Waals surface area contributed by atoms with E-state index in [1.807, 2.05) is 0 Å². The number of hydrogen-bond acceptors (Lipinski definition) is 3. The van der Waals surface area contributed by atoms with Crippen LogP contribution in [0.15, 0.2) is 18.2 Å². The molecule has 0 spiro atoms. The first-order chi connectivity index (χ1) is 10.5. The van der Waals surface area contributed by atoms with Gasteiger partial charge in [0.05, 0.1) is 17.8 Å². The fourth-order valence-electron chi connectivity index (χ4n) is 3.69. The van der Waals surface area contributed by atoms with Crippen molar-refractivity contribution in [2.75, 3.05) is 0 Å². The van der Waals surface area contributed by atoms with Gasteiger partial charge in [0.15, 0.2) is 11.6 Å². The lowest BCUT2D eigenvalue weighted by atomic mass is 9.75. The van der Waals surface area contributed by atoms with Crippen molar-refractivity contribution in [3.05, 3.63) is 29.6 Å². The summed E-state index contributed by atoms with van der Waals surface area (Å²) in [6.07, 6.45) is 3.69. The molecular formula is C17H21FO4. The molecule has 2 heterocycles. The summed E-state index contributed by atoms with van der Waals surface area (Å²) in [5.74, 6) is -1.41. The number of carbonyl (C=O) groups is 1. The highest BCUT2D eigenvalue weighted by Gasteiger charge is 2.57. The predicted octanol–water partition coefficient (Wildman–Crippen LogP) is 3.64. The molecule has 2 aliphatic rings. The highest BCUT2D eigenvalue weighted by molar-refractivity contribution is 5.88. The fraction of sp³-hybridized carbons (Fsp3) is 0.588. The number of aromatic carboxylic acids is 1. The molecule has 0 aromatic heterocycles. The zero-order chi connectivity index (χ0) is 15.9. The van der Waals surface area contributed by atoms with Crippen LogP contribution in [0.3, 0.4) is 0 Å². The molecule has 4 nitrogen and oxygen atoms in total. The summed E-state index contributed by atoms with van der Waals surface area (Å²) in [7, 11) is 0. The lowest BCUT2D eigenvalue weighted by molar-refractivity contribution is -0.0490. The smallest absolute Gasteiger partial charge is 0.335 e. The van der Waals surface area contributed by atoms with E-state index >= 15 is 0 Å². The number of carboxylic acids is 1. The van der Waals surface area contributed by atoms with Gasteiger partial charge in [-0.3, -0.25) is 0 Å². The van der Waals surface area contributed by atoms with E-state index in [4.69, 9.17) is 14.6 Å². The quantitative estimate of drug-likeness (QED) is 0.902. The molecule has 3 rings (SSSR count). The lowest BCUT2D eigenvalue weighted by Crippen LogP contribution is -2.50. The van der Waals surface area contributed by atoms with E-state index in [0.717, 1.165) is 31.7 Å². The van der Waals surface area contributed by atoms with Crippen molar-refractivity contribution in [1.82, 2.24) is 0 Å². The van der Waals surface area contributed by atoms with Gasteiger partial charge in [-0.2, -0.15) is 0 Å². The maximum Gasteiger partial charge on any atom is 0.335 e. The van der Waals surface area contributed by atoms with Crippen molar-refractivity contribution >= 4 is 5.97 Å². The number of fused-ring (bicyclic) bond motifs is 2. The van der Waals surface area contributed by atoms with Gasteiger partial charge in [-0.1, -0.05) is 13.8 Å². The molecule has 2 fully saturated rings. The van der Waals surface area contributed by atoms with Gasteiger partial charge in [0.1, 0.15) is 5.60 Å². The largest absolute Gasteiger partial charge is 0.481 e. The Bertz CT molecular complexity index is 588. The Kier molecular flexibility index (Phi) is 3.85. The van der Waals surface area contributed by atoms with Gasteiger partial charge in [-0.25, -0.2) is 9.18 Å². The first-order valence-corrected chi connectivity index (χ1v) is 7.83. The molecule has 2 bridgehead atoms. The van der Waals surface area contributed by atoms with Crippen LogP contribution in [-0.2, 0) is 4.74 Å². The molecular weight excluding hydrogens is 287 g/mol. The topological polar surface area (TPSA) is 55.8 Å². The molecule has 0 saturated carbocycles. The molecule has 22 heavy (non-hydrogen) atoms. The Balaban J connectivity index is 1.95. The van der Waals surface area contributed by atoms with Crippen molar-refractivity contribution in [1.29, 1.82) is 0 Å². The summed E-state index contributed by atoms with van der Waals surface area (Å²) in [5.41, 5.74) is -0.532. The number of halogens is 1. The van der Waals surface area contributed by atoms with Crippen LogP contribution in [0.5, 0.6) is 5.75 Å². The maximum absolute atomic E-state index is 14.1. The average Bonchev–Trinajstić information content (AvgIpc) is 3.09. The van der Waals surface area contributed by atoms with Gasteiger partial charge < -0.3 is 14.6 Å². The number of benzene rings is 1. The summed E-state index contributed by atoms with van der Waals surface area (Å²) in [5, 5.41) is 9.08. The summed E-state index contributed by atoms with van der Waals surface area (Å²) < 4.78 is 26.2. The van der Waals surface area contributed by atoms with Crippen LogP contribution in [0.4, 0.5) is 4.39 Å². The van der Waals surface area contributed by atoms with Gasteiger partial charge in [-0.15, -0.1) is 0 Å². The van der Waals surface area contributed by atoms with E-state index in [2.05, 4.69) is 13.8 Å². The van der Waals surface area contributed by atoms with Crippen molar-refractivity contribution in [2.24, 2.45) is 5.92 Å². The Morgan fingerprint density at radius 1 is 1.55 bits per heavy atom. The second-order valence-electron chi connectivity index (χ2n) is 6.34. The van der Waals surface area contributed by atoms with Gasteiger partial charge in [0.25, 0.3) is 0 Å². The molecule has 5 heteroatoms. The van der Waals surface area contributed by atoms with Gasteiger partial charge in [-0.05, 0) is 43.4 Å². The summed E-state index contributed by atoms with van der Waals surface area (Å²) in [6, 6.07) is 3.67. The zero-order valence-electron chi connectivity index (χ0n) is 12.8. The van der Waals surface area contributed by atoms with E-state index in [0.29, 0.717) is 0 Å². The Morgan fingerprint density at radius 3 is 2.86 bits per heavy atom. The van der Waals surface area contributed by atoms with Crippen molar-refractivity contribution in [2.45, 2.75) is 57.3 Å². The number of rotatable bonds is 5. The molecule has 120 valence electrons. The standard InChI is InChI=1S/C17H21FO4/c1-3-10(2)17(9-12-5-7-15(17)21-12)22-14-8-11(16(19)20)4-6-13(14)18/h4,6,8,10,12,15H,3,5,7,9H2,1-2H3,(H,19,20). The lowest BCUT2D eigenvalue weighted by Gasteiger charge is -2.40. The molecule has 1 aromatic carbocycles. The molecule has 0 radical (unpaired) electrons. The first-order valence-electron chi connectivity index (χ1n) is 7.83. The van der Waals surface area contributed by atoms with E-state index in [1.165, 1.54) is 12.1 Å². The molecule has 2 aliphatic heterocycles. The van der Waals surface area contributed by atoms with E-state index in [-0.39, 0.29) is 29.4 Å². The average molecular weight is 308 g/mol. The number of ether oxygens (including phenoxy) is 2. The van der Waals surface area contributed by atoms with Crippen LogP contribution in [-0.4, -0.2) is 28.9 Å².